The Bertz CT molecular complexity index is 1070. The molecule has 0 aliphatic carbocycles. The number of benzene rings is 2. The summed E-state index contributed by atoms with van der Waals surface area (Å²) < 4.78 is 31.6. The summed E-state index contributed by atoms with van der Waals surface area (Å²) in [4.78, 5) is 10.3. The van der Waals surface area contributed by atoms with Gasteiger partial charge in [0.1, 0.15) is 5.75 Å². The summed E-state index contributed by atoms with van der Waals surface area (Å²) in [6.45, 7) is 2.30. The molecule has 140 valence electrons. The highest BCUT2D eigenvalue weighted by Gasteiger charge is 2.21. The highest BCUT2D eigenvalue weighted by molar-refractivity contribution is 7.89. The fraction of sp³-hybridized carbons (Fsp3) is 0.118. The van der Waals surface area contributed by atoms with Crippen LogP contribution in [0.4, 0.5) is 11.5 Å². The maximum absolute atomic E-state index is 12.8. The lowest BCUT2D eigenvalue weighted by Crippen LogP contribution is -2.13. The third kappa shape index (κ3) is 3.60. The van der Waals surface area contributed by atoms with Crippen molar-refractivity contribution in [3.8, 4) is 16.9 Å². The van der Waals surface area contributed by atoms with Crippen molar-refractivity contribution >= 4 is 21.5 Å². The van der Waals surface area contributed by atoms with E-state index >= 15 is 0 Å². The average molecular weight is 388 g/mol. The molecule has 10 heteroatoms. The molecule has 27 heavy (non-hydrogen) atoms. The van der Waals surface area contributed by atoms with Crippen LogP contribution in [-0.4, -0.2) is 29.1 Å². The first-order chi connectivity index (χ1) is 12.8. The van der Waals surface area contributed by atoms with Gasteiger partial charge in [-0.15, -0.1) is 5.10 Å². The number of rotatable bonds is 6. The van der Waals surface area contributed by atoms with Gasteiger partial charge in [0.05, 0.1) is 22.6 Å². The number of aromatic nitrogens is 2. The summed E-state index contributed by atoms with van der Waals surface area (Å²) in [6, 6.07) is 11.5. The molecule has 1 aromatic heterocycles. The first-order valence-corrected chi connectivity index (χ1v) is 9.35. The summed E-state index contributed by atoms with van der Waals surface area (Å²) in [5, 5.41) is 14.6. The van der Waals surface area contributed by atoms with Crippen LogP contribution < -0.4 is 10.5 Å². The van der Waals surface area contributed by atoms with Gasteiger partial charge in [0.15, 0.2) is 5.82 Å². The van der Waals surface area contributed by atoms with Crippen molar-refractivity contribution < 1.29 is 18.1 Å². The number of hydrogen-bond acceptors (Lipinski definition) is 7. The van der Waals surface area contributed by atoms with Crippen LogP contribution in [0.3, 0.4) is 0 Å². The van der Waals surface area contributed by atoms with Crippen LogP contribution in [0.5, 0.6) is 5.75 Å². The van der Waals surface area contributed by atoms with Crippen LogP contribution in [0, 0.1) is 10.1 Å². The van der Waals surface area contributed by atoms with Crippen molar-refractivity contribution in [1.82, 2.24) is 9.19 Å². The van der Waals surface area contributed by atoms with Gasteiger partial charge in [-0.2, -0.15) is 12.5 Å². The van der Waals surface area contributed by atoms with Crippen LogP contribution >= 0.6 is 0 Å². The summed E-state index contributed by atoms with van der Waals surface area (Å²) in [7, 11) is -3.94. The lowest BCUT2D eigenvalue weighted by Gasteiger charge is -2.06. The number of ether oxygens (including phenoxy) is 1. The second kappa shape index (κ2) is 7.08. The molecule has 2 N–H and O–H groups in total. The van der Waals surface area contributed by atoms with Crippen LogP contribution in [-0.2, 0) is 10.0 Å². The molecule has 0 amide bonds. The molecule has 3 rings (SSSR count). The molecule has 1 heterocycles. The second-order valence-electron chi connectivity index (χ2n) is 5.51. The first kappa shape index (κ1) is 18.4. The van der Waals surface area contributed by atoms with Gasteiger partial charge in [-0.3, -0.25) is 10.1 Å². The summed E-state index contributed by atoms with van der Waals surface area (Å²) >= 11 is 0. The van der Waals surface area contributed by atoms with Crippen LogP contribution in [0.25, 0.3) is 11.1 Å². The zero-order valence-corrected chi connectivity index (χ0v) is 15.1. The Balaban J connectivity index is 1.96. The normalized spacial score (nSPS) is 11.3. The second-order valence-corrected chi connectivity index (χ2v) is 7.31. The van der Waals surface area contributed by atoms with Crippen molar-refractivity contribution in [2.45, 2.75) is 11.8 Å². The Morgan fingerprint density at radius 2 is 1.78 bits per heavy atom. The maximum atomic E-state index is 12.8. The molecular formula is C17H16N4O5S. The summed E-state index contributed by atoms with van der Waals surface area (Å²) in [5.41, 5.74) is 6.66. The number of nitrogens with zero attached hydrogens (tertiary/aromatic N) is 3. The van der Waals surface area contributed by atoms with Crippen LogP contribution in [0.1, 0.15) is 6.92 Å². The Labute approximate surface area is 155 Å². The van der Waals surface area contributed by atoms with Gasteiger partial charge in [0, 0.05) is 17.7 Å². The SMILES string of the molecule is CCOc1ccc(S(=O)(=O)n2cc(-c3ccc([N+](=O)[O-])cc3)c(N)n2)cc1. The molecule has 3 aromatic rings. The van der Waals surface area contributed by atoms with E-state index in [0.717, 1.165) is 4.09 Å². The molecule has 0 aliphatic rings. The first-order valence-electron chi connectivity index (χ1n) is 7.91. The number of hydrogen-bond donors (Lipinski definition) is 1. The molecule has 0 aliphatic heterocycles. The largest absolute Gasteiger partial charge is 0.494 e. The Kier molecular flexibility index (Phi) is 4.82. The van der Waals surface area contributed by atoms with Gasteiger partial charge in [0.25, 0.3) is 15.7 Å². The van der Waals surface area contributed by atoms with Gasteiger partial charge in [0.2, 0.25) is 0 Å². The summed E-state index contributed by atoms with van der Waals surface area (Å²) in [6.07, 6.45) is 1.28. The molecule has 0 fully saturated rings. The molecule has 0 atom stereocenters. The van der Waals surface area contributed by atoms with E-state index in [-0.39, 0.29) is 16.4 Å². The lowest BCUT2D eigenvalue weighted by molar-refractivity contribution is -0.384. The Hall–Kier alpha value is -3.40. The third-order valence-corrected chi connectivity index (χ3v) is 5.34. The zero-order chi connectivity index (χ0) is 19.6. The van der Waals surface area contributed by atoms with Gasteiger partial charge in [-0.25, -0.2) is 0 Å². The van der Waals surface area contributed by atoms with Gasteiger partial charge in [-0.05, 0) is 48.9 Å². The number of anilines is 1. The average Bonchev–Trinajstić information content (AvgIpc) is 3.05. The highest BCUT2D eigenvalue weighted by Crippen LogP contribution is 2.28. The van der Waals surface area contributed by atoms with Crippen molar-refractivity contribution in [3.05, 3.63) is 64.8 Å². The van der Waals surface area contributed by atoms with Crippen LogP contribution in [0.15, 0.2) is 59.6 Å². The monoisotopic (exact) mass is 388 g/mol. The van der Waals surface area contributed by atoms with E-state index in [9.17, 15) is 18.5 Å². The van der Waals surface area contributed by atoms with Gasteiger partial charge < -0.3 is 10.5 Å². The maximum Gasteiger partial charge on any atom is 0.283 e. The van der Waals surface area contributed by atoms with Crippen molar-refractivity contribution in [2.75, 3.05) is 12.3 Å². The predicted molar refractivity (Wildman–Crippen MR) is 98.9 cm³/mol. The van der Waals surface area contributed by atoms with Crippen LogP contribution in [0.2, 0.25) is 0 Å². The van der Waals surface area contributed by atoms with Crippen molar-refractivity contribution in [3.63, 3.8) is 0 Å². The predicted octanol–water partition coefficient (Wildman–Crippen LogP) is 2.68. The van der Waals surface area contributed by atoms with E-state index in [2.05, 4.69) is 5.10 Å². The zero-order valence-electron chi connectivity index (χ0n) is 14.3. The van der Waals surface area contributed by atoms with E-state index < -0.39 is 14.9 Å². The fourth-order valence-electron chi connectivity index (χ4n) is 2.46. The minimum Gasteiger partial charge on any atom is -0.494 e. The molecule has 2 aromatic carbocycles. The van der Waals surface area contributed by atoms with Gasteiger partial charge >= 0.3 is 0 Å². The number of non-ortho nitro benzene ring substituents is 1. The van der Waals surface area contributed by atoms with E-state index in [1.165, 1.54) is 42.6 Å². The molecule has 0 bridgehead atoms. The molecule has 0 spiro atoms. The van der Waals surface area contributed by atoms with E-state index in [0.29, 0.717) is 23.5 Å². The quantitative estimate of drug-likeness (QED) is 0.507. The van der Waals surface area contributed by atoms with E-state index in [1.807, 2.05) is 6.92 Å². The molecule has 9 nitrogen and oxygen atoms in total. The smallest absolute Gasteiger partial charge is 0.283 e. The number of nitro benzene ring substituents is 1. The summed E-state index contributed by atoms with van der Waals surface area (Å²) in [5.74, 6) is 0.557. The molecule has 0 saturated heterocycles. The highest BCUT2D eigenvalue weighted by atomic mass is 32.2. The molecule has 0 unspecified atom stereocenters. The molecular weight excluding hydrogens is 372 g/mol. The van der Waals surface area contributed by atoms with Gasteiger partial charge in [-0.1, -0.05) is 0 Å². The van der Waals surface area contributed by atoms with Crippen molar-refractivity contribution in [1.29, 1.82) is 0 Å². The standard InChI is InChI=1S/C17H16N4O5S/c1-2-26-14-7-9-15(10-8-14)27(24,25)20-11-16(17(18)19-20)12-3-5-13(6-4-12)21(22)23/h3-11H,2H2,1H3,(H2,18,19). The minimum absolute atomic E-state index is 0.00151. The topological polar surface area (TPSA) is 130 Å². The fourth-order valence-corrected chi connectivity index (χ4v) is 3.59. The molecule has 0 saturated carbocycles. The lowest BCUT2D eigenvalue weighted by atomic mass is 10.1. The van der Waals surface area contributed by atoms with E-state index in [4.69, 9.17) is 10.5 Å². The Morgan fingerprint density at radius 1 is 1.15 bits per heavy atom. The number of nitrogen functional groups attached to an aromatic ring is 1. The van der Waals surface area contributed by atoms with E-state index in [1.54, 1.807) is 12.1 Å². The number of nitrogens with two attached hydrogens (primary N) is 1. The minimum atomic E-state index is -3.94. The van der Waals surface area contributed by atoms with Crippen molar-refractivity contribution in [2.24, 2.45) is 0 Å². The Morgan fingerprint density at radius 3 is 2.33 bits per heavy atom. The number of nitro groups is 1. The third-order valence-electron chi connectivity index (χ3n) is 3.79. The molecule has 0 radical (unpaired) electrons.